The van der Waals surface area contributed by atoms with Gasteiger partial charge in [-0.25, -0.2) is 4.79 Å². The average Bonchev–Trinajstić information content (AvgIpc) is 2.37. The van der Waals surface area contributed by atoms with Gasteiger partial charge in [-0.3, -0.25) is 4.90 Å². The Bertz CT molecular complexity index is 485. The Hall–Kier alpha value is -1.26. The number of carbonyl (C=O) groups is 1. The molecule has 0 saturated carbocycles. The van der Waals surface area contributed by atoms with Crippen LogP contribution in [0.2, 0.25) is 5.02 Å². The van der Waals surface area contributed by atoms with Gasteiger partial charge in [0.25, 0.3) is 0 Å². The Balaban J connectivity index is 2.22. The first-order chi connectivity index (χ1) is 9.38. The molecule has 20 heavy (non-hydrogen) atoms. The molecule has 4 nitrogen and oxygen atoms in total. The Morgan fingerprint density at radius 1 is 1.40 bits per heavy atom. The number of rotatable bonds is 1. The van der Waals surface area contributed by atoms with Crippen molar-refractivity contribution >= 4 is 17.7 Å². The van der Waals surface area contributed by atoms with Crippen LogP contribution in [-0.4, -0.2) is 36.2 Å². The van der Waals surface area contributed by atoms with Crippen molar-refractivity contribution in [3.8, 4) is 0 Å². The van der Waals surface area contributed by atoms with E-state index < -0.39 is 5.60 Å². The summed E-state index contributed by atoms with van der Waals surface area (Å²) in [7, 11) is 0. The first kappa shape index (κ1) is 15.1. The monoisotopic (exact) mass is 296 g/mol. The summed E-state index contributed by atoms with van der Waals surface area (Å²) in [4.78, 5) is 14.1. The molecule has 1 aromatic carbocycles. The number of hydrogen-bond donors (Lipinski definition) is 1. The van der Waals surface area contributed by atoms with Crippen molar-refractivity contribution in [1.29, 1.82) is 0 Å². The molecule has 1 aromatic rings. The predicted molar refractivity (Wildman–Crippen MR) is 80.0 cm³/mol. The minimum Gasteiger partial charge on any atom is -0.444 e. The third-order valence-corrected chi connectivity index (χ3v) is 3.48. The zero-order valence-electron chi connectivity index (χ0n) is 12.1. The van der Waals surface area contributed by atoms with Crippen LogP contribution < -0.4 is 5.32 Å². The number of carbonyl (C=O) groups excluding carboxylic acids is 1. The molecular formula is C15H21ClN2O2. The maximum Gasteiger partial charge on any atom is 0.410 e. The van der Waals surface area contributed by atoms with Gasteiger partial charge in [0.1, 0.15) is 5.60 Å². The van der Waals surface area contributed by atoms with E-state index >= 15 is 0 Å². The lowest BCUT2D eigenvalue weighted by Gasteiger charge is -2.37. The van der Waals surface area contributed by atoms with E-state index in [4.69, 9.17) is 16.3 Å². The second kappa shape index (κ2) is 6.02. The predicted octanol–water partition coefficient (Wildman–Crippen LogP) is 3.22. The SMILES string of the molecule is CC(C)(C)OC(=O)N1CCNCC1c1ccccc1Cl. The highest BCUT2D eigenvalue weighted by atomic mass is 35.5. The lowest BCUT2D eigenvalue weighted by molar-refractivity contribution is 0.0118. The van der Waals surface area contributed by atoms with Gasteiger partial charge in [-0.05, 0) is 32.4 Å². The van der Waals surface area contributed by atoms with Crippen LogP contribution in [-0.2, 0) is 4.74 Å². The van der Waals surface area contributed by atoms with Crippen LogP contribution in [0.15, 0.2) is 24.3 Å². The lowest BCUT2D eigenvalue weighted by atomic mass is 10.0. The minimum absolute atomic E-state index is 0.0905. The topological polar surface area (TPSA) is 41.6 Å². The number of benzene rings is 1. The zero-order chi connectivity index (χ0) is 14.8. The van der Waals surface area contributed by atoms with Crippen LogP contribution in [0, 0.1) is 0 Å². The van der Waals surface area contributed by atoms with Crippen LogP contribution in [0.4, 0.5) is 4.79 Å². The lowest BCUT2D eigenvalue weighted by Crippen LogP contribution is -2.50. The first-order valence-corrected chi connectivity index (χ1v) is 7.21. The Morgan fingerprint density at radius 3 is 2.75 bits per heavy atom. The maximum absolute atomic E-state index is 12.3. The van der Waals surface area contributed by atoms with Crippen molar-refractivity contribution in [1.82, 2.24) is 10.2 Å². The van der Waals surface area contributed by atoms with E-state index in [1.165, 1.54) is 0 Å². The molecule has 1 amide bonds. The molecule has 0 aliphatic carbocycles. The van der Waals surface area contributed by atoms with Crippen molar-refractivity contribution in [2.45, 2.75) is 32.4 Å². The molecule has 0 radical (unpaired) electrons. The summed E-state index contributed by atoms with van der Waals surface area (Å²) >= 11 is 6.25. The van der Waals surface area contributed by atoms with E-state index in [0.717, 1.165) is 12.1 Å². The third-order valence-electron chi connectivity index (χ3n) is 3.14. The number of piperazine rings is 1. The Kier molecular flexibility index (Phi) is 4.55. The van der Waals surface area contributed by atoms with Crippen molar-refractivity contribution in [3.63, 3.8) is 0 Å². The summed E-state index contributed by atoms with van der Waals surface area (Å²) in [6, 6.07) is 7.53. The Morgan fingerprint density at radius 2 is 2.10 bits per heavy atom. The first-order valence-electron chi connectivity index (χ1n) is 6.83. The molecule has 0 bridgehead atoms. The molecular weight excluding hydrogens is 276 g/mol. The van der Waals surface area contributed by atoms with Crippen molar-refractivity contribution in [2.24, 2.45) is 0 Å². The van der Waals surface area contributed by atoms with E-state index in [2.05, 4.69) is 5.32 Å². The fourth-order valence-corrected chi connectivity index (χ4v) is 2.53. The van der Waals surface area contributed by atoms with Crippen LogP contribution in [0.25, 0.3) is 0 Å². The largest absolute Gasteiger partial charge is 0.444 e. The van der Waals surface area contributed by atoms with Gasteiger partial charge in [0.2, 0.25) is 0 Å². The maximum atomic E-state index is 12.3. The second-order valence-electron chi connectivity index (χ2n) is 5.92. The summed E-state index contributed by atoms with van der Waals surface area (Å²) in [5, 5.41) is 3.98. The van der Waals surface area contributed by atoms with Gasteiger partial charge >= 0.3 is 6.09 Å². The van der Waals surface area contributed by atoms with Gasteiger partial charge in [0.05, 0.1) is 6.04 Å². The fourth-order valence-electron chi connectivity index (χ4n) is 2.27. The van der Waals surface area contributed by atoms with Crippen LogP contribution in [0.1, 0.15) is 32.4 Å². The van der Waals surface area contributed by atoms with E-state index in [1.807, 2.05) is 45.0 Å². The van der Waals surface area contributed by atoms with Gasteiger partial charge in [-0.2, -0.15) is 0 Å². The van der Waals surface area contributed by atoms with E-state index in [1.54, 1.807) is 4.90 Å². The quantitative estimate of drug-likeness (QED) is 0.865. The zero-order valence-corrected chi connectivity index (χ0v) is 12.9. The van der Waals surface area contributed by atoms with Gasteiger partial charge in [-0.15, -0.1) is 0 Å². The molecule has 1 heterocycles. The molecule has 1 aliphatic heterocycles. The molecule has 0 spiro atoms. The minimum atomic E-state index is -0.493. The fraction of sp³-hybridized carbons (Fsp3) is 0.533. The molecule has 1 atom stereocenters. The summed E-state index contributed by atoms with van der Waals surface area (Å²) in [6.07, 6.45) is -0.288. The summed E-state index contributed by atoms with van der Waals surface area (Å²) in [5.41, 5.74) is 0.458. The Labute approximate surface area is 125 Å². The van der Waals surface area contributed by atoms with E-state index in [-0.39, 0.29) is 12.1 Å². The van der Waals surface area contributed by atoms with Crippen molar-refractivity contribution < 1.29 is 9.53 Å². The van der Waals surface area contributed by atoms with Gasteiger partial charge in [0, 0.05) is 24.7 Å². The van der Waals surface area contributed by atoms with Gasteiger partial charge in [-0.1, -0.05) is 29.8 Å². The van der Waals surface area contributed by atoms with Crippen molar-refractivity contribution in [3.05, 3.63) is 34.9 Å². The van der Waals surface area contributed by atoms with Crippen LogP contribution in [0.3, 0.4) is 0 Å². The number of ether oxygens (including phenoxy) is 1. The number of nitrogens with zero attached hydrogens (tertiary/aromatic N) is 1. The number of amides is 1. The van der Waals surface area contributed by atoms with E-state index in [0.29, 0.717) is 18.1 Å². The molecule has 1 aliphatic rings. The normalized spacial score (nSPS) is 19.8. The average molecular weight is 297 g/mol. The van der Waals surface area contributed by atoms with E-state index in [9.17, 15) is 4.79 Å². The summed E-state index contributed by atoms with van der Waals surface area (Å²) in [6.45, 7) is 7.68. The number of halogens is 1. The molecule has 1 N–H and O–H groups in total. The number of hydrogen-bond acceptors (Lipinski definition) is 3. The number of nitrogens with one attached hydrogen (secondary N) is 1. The molecule has 110 valence electrons. The smallest absolute Gasteiger partial charge is 0.410 e. The highest BCUT2D eigenvalue weighted by Gasteiger charge is 2.32. The highest BCUT2D eigenvalue weighted by Crippen LogP contribution is 2.29. The second-order valence-corrected chi connectivity index (χ2v) is 6.32. The van der Waals surface area contributed by atoms with Crippen molar-refractivity contribution in [2.75, 3.05) is 19.6 Å². The van der Waals surface area contributed by atoms with Gasteiger partial charge < -0.3 is 10.1 Å². The molecule has 1 unspecified atom stereocenters. The van der Waals surface area contributed by atoms with Crippen LogP contribution >= 0.6 is 11.6 Å². The molecule has 1 fully saturated rings. The summed E-state index contributed by atoms with van der Waals surface area (Å²) in [5.74, 6) is 0. The highest BCUT2D eigenvalue weighted by molar-refractivity contribution is 6.31. The summed E-state index contributed by atoms with van der Waals surface area (Å²) < 4.78 is 5.48. The van der Waals surface area contributed by atoms with Gasteiger partial charge in [0.15, 0.2) is 0 Å². The third kappa shape index (κ3) is 3.64. The standard InChI is InChI=1S/C15H21ClN2O2/c1-15(2,3)20-14(19)18-9-8-17-10-13(18)11-6-4-5-7-12(11)16/h4-7,13,17H,8-10H2,1-3H3. The molecule has 1 saturated heterocycles. The molecule has 2 rings (SSSR count). The molecule has 0 aromatic heterocycles. The van der Waals surface area contributed by atoms with Crippen LogP contribution in [0.5, 0.6) is 0 Å². The molecule has 5 heteroatoms.